The molecule has 1 aliphatic rings. The Hall–Kier alpha value is -0.0900. The smallest absolute Gasteiger partial charge is 0.0133 e. The molecule has 0 spiro atoms. The molecule has 0 atom stereocenters. The van der Waals surface area contributed by atoms with Crippen LogP contribution in [0.2, 0.25) is 0 Å². The fourth-order valence-corrected chi connectivity index (χ4v) is 2.20. The third kappa shape index (κ3) is 1.80. The molecule has 1 aromatic rings. The second-order valence-electron chi connectivity index (χ2n) is 3.16. The topological polar surface area (TPSA) is 12.0 Å². The lowest BCUT2D eigenvalue weighted by Gasteiger charge is -2.04. The monoisotopic (exact) mass is 273 g/mol. The van der Waals surface area contributed by atoms with Crippen LogP contribution in [0, 0.1) is 3.57 Å². The van der Waals surface area contributed by atoms with E-state index < -0.39 is 0 Å². The van der Waals surface area contributed by atoms with Gasteiger partial charge in [-0.05, 0) is 71.8 Å². The van der Waals surface area contributed by atoms with E-state index in [-0.39, 0.29) is 0 Å². The maximum Gasteiger partial charge on any atom is 0.0133 e. The molecule has 1 aliphatic heterocycles. The summed E-state index contributed by atoms with van der Waals surface area (Å²) >= 11 is 2.38. The van der Waals surface area contributed by atoms with Crippen molar-refractivity contribution in [3.05, 3.63) is 32.9 Å². The summed E-state index contributed by atoms with van der Waals surface area (Å²) in [7, 11) is 0. The van der Waals surface area contributed by atoms with Crippen molar-refractivity contribution in [1.29, 1.82) is 0 Å². The van der Waals surface area contributed by atoms with Crippen LogP contribution >= 0.6 is 22.6 Å². The number of nitrogens with one attached hydrogen (secondary N) is 1. The van der Waals surface area contributed by atoms with Gasteiger partial charge in [-0.3, -0.25) is 0 Å². The van der Waals surface area contributed by atoms with Gasteiger partial charge in [0.15, 0.2) is 0 Å². The number of hydrogen-bond acceptors (Lipinski definition) is 1. The second kappa shape index (κ2) is 3.75. The summed E-state index contributed by atoms with van der Waals surface area (Å²) in [5, 5.41) is 3.41. The Balaban J connectivity index is 2.36. The molecule has 0 radical (unpaired) electrons. The van der Waals surface area contributed by atoms with Crippen LogP contribution in [0.15, 0.2) is 18.2 Å². The predicted octanol–water partition coefficient (Wildman–Crippen LogP) is 1.98. The first kappa shape index (κ1) is 8.51. The van der Waals surface area contributed by atoms with Crippen LogP contribution in [-0.2, 0) is 12.8 Å². The lowest BCUT2D eigenvalue weighted by molar-refractivity contribution is 0.711. The minimum Gasteiger partial charge on any atom is -0.316 e. The Morgan fingerprint density at radius 3 is 2.67 bits per heavy atom. The van der Waals surface area contributed by atoms with E-state index >= 15 is 0 Å². The molecular formula is C10H12IN. The Morgan fingerprint density at radius 2 is 1.83 bits per heavy atom. The fraction of sp³-hybridized carbons (Fsp3) is 0.400. The van der Waals surface area contributed by atoms with Gasteiger partial charge in [-0.15, -0.1) is 0 Å². The predicted molar refractivity (Wildman–Crippen MR) is 59.4 cm³/mol. The maximum atomic E-state index is 3.41. The van der Waals surface area contributed by atoms with Gasteiger partial charge in [-0.1, -0.05) is 6.07 Å². The molecule has 1 aromatic carbocycles. The molecule has 2 rings (SSSR count). The minimum atomic E-state index is 1.13. The highest BCUT2D eigenvalue weighted by molar-refractivity contribution is 14.1. The SMILES string of the molecule is Ic1ccc2c(c1)CCNCC2. The average molecular weight is 273 g/mol. The third-order valence-corrected chi connectivity index (χ3v) is 2.98. The number of rotatable bonds is 0. The van der Waals surface area contributed by atoms with Crippen LogP contribution in [0.1, 0.15) is 11.1 Å². The first-order valence-electron chi connectivity index (χ1n) is 4.34. The van der Waals surface area contributed by atoms with Crippen molar-refractivity contribution in [2.24, 2.45) is 0 Å². The van der Waals surface area contributed by atoms with Gasteiger partial charge >= 0.3 is 0 Å². The number of halogens is 1. The molecule has 0 unspecified atom stereocenters. The first-order valence-corrected chi connectivity index (χ1v) is 5.42. The summed E-state index contributed by atoms with van der Waals surface area (Å²) < 4.78 is 1.35. The summed E-state index contributed by atoms with van der Waals surface area (Å²) in [6.07, 6.45) is 2.37. The van der Waals surface area contributed by atoms with E-state index in [0.717, 1.165) is 13.1 Å². The van der Waals surface area contributed by atoms with Crippen LogP contribution in [-0.4, -0.2) is 13.1 Å². The maximum absolute atomic E-state index is 3.41. The molecule has 0 saturated carbocycles. The molecular weight excluding hydrogens is 261 g/mol. The lowest BCUT2D eigenvalue weighted by Crippen LogP contribution is -2.16. The number of fused-ring (bicyclic) bond motifs is 1. The van der Waals surface area contributed by atoms with Gasteiger partial charge in [-0.2, -0.15) is 0 Å². The van der Waals surface area contributed by atoms with E-state index in [4.69, 9.17) is 0 Å². The fourth-order valence-electron chi connectivity index (χ4n) is 1.64. The number of benzene rings is 1. The van der Waals surface area contributed by atoms with Crippen molar-refractivity contribution in [2.45, 2.75) is 12.8 Å². The summed E-state index contributed by atoms with van der Waals surface area (Å²) in [6.45, 7) is 2.26. The van der Waals surface area contributed by atoms with Gasteiger partial charge in [0.05, 0.1) is 0 Å². The van der Waals surface area contributed by atoms with Crippen LogP contribution < -0.4 is 5.32 Å². The Kier molecular flexibility index (Phi) is 2.66. The summed E-state index contributed by atoms with van der Waals surface area (Å²) in [5.41, 5.74) is 3.06. The van der Waals surface area contributed by atoms with Gasteiger partial charge in [-0.25, -0.2) is 0 Å². The Bertz CT molecular complexity index is 283. The molecule has 1 nitrogen and oxygen atoms in total. The van der Waals surface area contributed by atoms with Gasteiger partial charge < -0.3 is 5.32 Å². The van der Waals surface area contributed by atoms with E-state index in [9.17, 15) is 0 Å². The van der Waals surface area contributed by atoms with Crippen molar-refractivity contribution >= 4 is 22.6 Å². The highest BCUT2D eigenvalue weighted by Crippen LogP contribution is 2.16. The van der Waals surface area contributed by atoms with Crippen LogP contribution in [0.25, 0.3) is 0 Å². The van der Waals surface area contributed by atoms with E-state index in [0.29, 0.717) is 0 Å². The van der Waals surface area contributed by atoms with Gasteiger partial charge in [0, 0.05) is 3.57 Å². The normalized spacial score (nSPS) is 16.8. The van der Waals surface area contributed by atoms with Crippen molar-refractivity contribution in [2.75, 3.05) is 13.1 Å². The molecule has 0 saturated heterocycles. The molecule has 0 aromatic heterocycles. The van der Waals surface area contributed by atoms with Gasteiger partial charge in [0.25, 0.3) is 0 Å². The quantitative estimate of drug-likeness (QED) is 0.713. The summed E-state index contributed by atoms with van der Waals surface area (Å²) in [4.78, 5) is 0. The minimum absolute atomic E-state index is 1.13. The summed E-state index contributed by atoms with van der Waals surface area (Å²) in [6, 6.07) is 6.78. The Labute approximate surface area is 86.7 Å². The first-order chi connectivity index (χ1) is 5.86. The van der Waals surface area contributed by atoms with Gasteiger partial charge in [0.2, 0.25) is 0 Å². The zero-order valence-electron chi connectivity index (χ0n) is 6.94. The van der Waals surface area contributed by atoms with E-state index in [1.807, 2.05) is 0 Å². The second-order valence-corrected chi connectivity index (χ2v) is 4.41. The van der Waals surface area contributed by atoms with Crippen LogP contribution in [0.5, 0.6) is 0 Å². The zero-order chi connectivity index (χ0) is 8.39. The van der Waals surface area contributed by atoms with Crippen molar-refractivity contribution in [3.8, 4) is 0 Å². The molecule has 12 heavy (non-hydrogen) atoms. The highest BCUT2D eigenvalue weighted by Gasteiger charge is 2.06. The van der Waals surface area contributed by atoms with Crippen molar-refractivity contribution in [1.82, 2.24) is 5.32 Å². The summed E-state index contributed by atoms with van der Waals surface area (Å²) in [5.74, 6) is 0. The zero-order valence-corrected chi connectivity index (χ0v) is 9.10. The van der Waals surface area contributed by atoms with E-state index in [1.165, 1.54) is 27.5 Å². The third-order valence-electron chi connectivity index (χ3n) is 2.31. The van der Waals surface area contributed by atoms with E-state index in [1.54, 1.807) is 0 Å². The number of hydrogen-bond donors (Lipinski definition) is 1. The standard InChI is InChI=1S/C10H12IN/c11-10-2-1-8-3-5-12-6-4-9(8)7-10/h1-2,7,12H,3-6H2. The molecule has 1 heterocycles. The lowest BCUT2D eigenvalue weighted by atomic mass is 10.0. The average Bonchev–Trinajstić information content (AvgIpc) is 2.28. The largest absolute Gasteiger partial charge is 0.316 e. The molecule has 0 amide bonds. The van der Waals surface area contributed by atoms with Gasteiger partial charge in [0.1, 0.15) is 0 Å². The molecule has 0 aliphatic carbocycles. The van der Waals surface area contributed by atoms with E-state index in [2.05, 4.69) is 46.1 Å². The van der Waals surface area contributed by atoms with Crippen molar-refractivity contribution in [3.63, 3.8) is 0 Å². The molecule has 0 bridgehead atoms. The molecule has 64 valence electrons. The van der Waals surface area contributed by atoms with Crippen LogP contribution in [0.4, 0.5) is 0 Å². The highest BCUT2D eigenvalue weighted by atomic mass is 127. The molecule has 0 fully saturated rings. The van der Waals surface area contributed by atoms with Crippen LogP contribution in [0.3, 0.4) is 0 Å². The molecule has 1 N–H and O–H groups in total. The Morgan fingerprint density at radius 1 is 1.08 bits per heavy atom. The molecule has 2 heteroatoms. The van der Waals surface area contributed by atoms with Crippen molar-refractivity contribution < 1.29 is 0 Å².